The van der Waals surface area contributed by atoms with E-state index < -0.39 is 28.5 Å². The normalized spacial score (nSPS) is 12.9. The van der Waals surface area contributed by atoms with Gasteiger partial charge in [-0.25, -0.2) is 8.42 Å². The molecule has 3 aromatic rings. The Kier molecular flexibility index (Phi) is 10.4. The molecule has 0 aliphatic carbocycles. The lowest BCUT2D eigenvalue weighted by atomic mass is 10.1. The summed E-state index contributed by atoms with van der Waals surface area (Å²) in [5, 5.41) is 3.28. The van der Waals surface area contributed by atoms with Crippen molar-refractivity contribution in [3.8, 4) is 0 Å². The van der Waals surface area contributed by atoms with Crippen molar-refractivity contribution in [3.63, 3.8) is 0 Å². The molecule has 1 N–H and O–H groups in total. The van der Waals surface area contributed by atoms with E-state index in [4.69, 9.17) is 23.2 Å². The molecule has 2 atom stereocenters. The van der Waals surface area contributed by atoms with E-state index in [-0.39, 0.29) is 39.1 Å². The first-order chi connectivity index (χ1) is 18.4. The molecule has 3 rings (SSSR count). The first kappa shape index (κ1) is 30.5. The van der Waals surface area contributed by atoms with Crippen LogP contribution in [0.5, 0.6) is 0 Å². The van der Waals surface area contributed by atoms with Gasteiger partial charge < -0.3 is 10.2 Å². The Labute approximate surface area is 240 Å². The van der Waals surface area contributed by atoms with Crippen molar-refractivity contribution in [3.05, 3.63) is 94.0 Å². The fourth-order valence-electron chi connectivity index (χ4n) is 3.85. The summed E-state index contributed by atoms with van der Waals surface area (Å²) in [6.07, 6.45) is 0.723. The molecule has 3 aromatic carbocycles. The molecule has 0 aliphatic rings. The number of benzene rings is 3. The summed E-state index contributed by atoms with van der Waals surface area (Å²) in [7, 11) is -4.23. The van der Waals surface area contributed by atoms with Crippen molar-refractivity contribution in [1.82, 2.24) is 10.2 Å². The monoisotopic (exact) mass is 589 g/mol. The van der Waals surface area contributed by atoms with Crippen molar-refractivity contribution in [2.24, 2.45) is 0 Å². The third kappa shape index (κ3) is 7.75. The molecule has 0 heterocycles. The van der Waals surface area contributed by atoms with Crippen LogP contribution in [-0.2, 0) is 26.2 Å². The van der Waals surface area contributed by atoms with Crippen molar-refractivity contribution in [1.29, 1.82) is 0 Å². The molecule has 0 aliphatic heterocycles. The van der Waals surface area contributed by atoms with Crippen molar-refractivity contribution >= 4 is 50.7 Å². The van der Waals surface area contributed by atoms with Crippen LogP contribution >= 0.6 is 23.2 Å². The number of halogens is 2. The van der Waals surface area contributed by atoms with Crippen LogP contribution in [0.15, 0.2) is 77.7 Å². The predicted octanol–water partition coefficient (Wildman–Crippen LogP) is 5.83. The molecule has 7 nitrogen and oxygen atoms in total. The van der Waals surface area contributed by atoms with E-state index in [0.29, 0.717) is 0 Å². The Bertz CT molecular complexity index is 1400. The Morgan fingerprint density at radius 1 is 0.949 bits per heavy atom. The lowest BCUT2D eigenvalue weighted by Crippen LogP contribution is -2.52. The number of carbonyl (C=O) groups is 2. The minimum absolute atomic E-state index is 0.0125. The summed E-state index contributed by atoms with van der Waals surface area (Å²) < 4.78 is 28.6. The smallest absolute Gasteiger partial charge is 0.264 e. The highest BCUT2D eigenvalue weighted by atomic mass is 35.5. The Morgan fingerprint density at radius 3 is 2.21 bits per heavy atom. The third-order valence-electron chi connectivity index (χ3n) is 6.43. The topological polar surface area (TPSA) is 86.8 Å². The van der Waals surface area contributed by atoms with Crippen LogP contribution in [0.25, 0.3) is 0 Å². The number of sulfonamides is 1. The molecule has 2 amide bonds. The molecule has 208 valence electrons. The van der Waals surface area contributed by atoms with Crippen molar-refractivity contribution < 1.29 is 18.0 Å². The van der Waals surface area contributed by atoms with E-state index in [1.807, 2.05) is 45.0 Å². The molecule has 0 bridgehead atoms. The molecule has 0 saturated carbocycles. The summed E-state index contributed by atoms with van der Waals surface area (Å²) in [5.41, 5.74) is 1.92. The van der Waals surface area contributed by atoms with Crippen LogP contribution in [0.1, 0.15) is 38.3 Å². The number of amides is 2. The largest absolute Gasteiger partial charge is 0.352 e. The number of carbonyl (C=O) groups excluding carboxylic acids is 2. The summed E-state index contributed by atoms with van der Waals surface area (Å²) in [5.74, 6) is -0.902. The second-order valence-corrected chi connectivity index (χ2v) is 12.1. The summed E-state index contributed by atoms with van der Waals surface area (Å²) >= 11 is 12.6. The molecule has 0 aromatic heterocycles. The molecule has 0 fully saturated rings. The minimum Gasteiger partial charge on any atom is -0.352 e. The van der Waals surface area contributed by atoms with Gasteiger partial charge in [0, 0.05) is 17.6 Å². The zero-order valence-corrected chi connectivity index (χ0v) is 24.7. The number of nitrogens with zero attached hydrogens (tertiary/aromatic N) is 2. The number of rotatable bonds is 11. The van der Waals surface area contributed by atoms with Gasteiger partial charge in [0.15, 0.2) is 0 Å². The van der Waals surface area contributed by atoms with Crippen LogP contribution < -0.4 is 9.62 Å². The molecular formula is C29H33Cl2N3O4S. The number of hydrogen-bond acceptors (Lipinski definition) is 4. The van der Waals surface area contributed by atoms with Gasteiger partial charge >= 0.3 is 0 Å². The van der Waals surface area contributed by atoms with Gasteiger partial charge in [0.2, 0.25) is 11.8 Å². The van der Waals surface area contributed by atoms with Gasteiger partial charge in [-0.3, -0.25) is 13.9 Å². The molecular weight excluding hydrogens is 557 g/mol. The van der Waals surface area contributed by atoms with E-state index in [2.05, 4.69) is 5.32 Å². The maximum absolute atomic E-state index is 13.9. The SMILES string of the molecule is CC[C@H](C)NC(=O)[C@H](C)N(Cc1ccc(C)cc1)C(=O)CN(c1cc(Cl)ccc1Cl)S(=O)(=O)c1ccccc1. The fraction of sp³-hybridized carbons (Fsp3) is 0.310. The van der Waals surface area contributed by atoms with E-state index in [1.54, 1.807) is 25.1 Å². The molecule has 0 unspecified atom stereocenters. The standard InChI is InChI=1S/C29H33Cl2N3O4S/c1-5-21(3)32-29(36)22(4)33(18-23-13-11-20(2)12-14-23)28(35)19-34(27-17-24(30)15-16-26(27)31)39(37,38)25-9-7-6-8-10-25/h6-17,21-22H,5,18-19H2,1-4H3,(H,32,36)/t21-,22-/m0/s1. The number of nitrogens with one attached hydrogen (secondary N) is 1. The van der Waals surface area contributed by atoms with Gasteiger partial charge in [-0.2, -0.15) is 0 Å². The predicted molar refractivity (Wildman–Crippen MR) is 157 cm³/mol. The summed E-state index contributed by atoms with van der Waals surface area (Å²) in [6.45, 7) is 6.93. The van der Waals surface area contributed by atoms with Crippen LogP contribution in [0, 0.1) is 6.92 Å². The summed E-state index contributed by atoms with van der Waals surface area (Å²) in [6, 6.07) is 18.8. The van der Waals surface area contributed by atoms with Crippen LogP contribution in [0.2, 0.25) is 10.0 Å². The van der Waals surface area contributed by atoms with Gasteiger partial charge in [-0.15, -0.1) is 0 Å². The average molecular weight is 591 g/mol. The minimum atomic E-state index is -4.23. The second kappa shape index (κ2) is 13.3. The van der Waals surface area contributed by atoms with Crippen molar-refractivity contribution in [2.75, 3.05) is 10.8 Å². The quantitative estimate of drug-likeness (QED) is 0.305. The molecule has 0 radical (unpaired) electrons. The maximum Gasteiger partial charge on any atom is 0.264 e. The third-order valence-corrected chi connectivity index (χ3v) is 8.76. The van der Waals surface area contributed by atoms with Gasteiger partial charge in [-0.05, 0) is 63.1 Å². The number of anilines is 1. The van der Waals surface area contributed by atoms with E-state index in [0.717, 1.165) is 21.9 Å². The Morgan fingerprint density at radius 2 is 1.59 bits per heavy atom. The van der Waals surface area contributed by atoms with E-state index >= 15 is 0 Å². The lowest BCUT2D eigenvalue weighted by molar-refractivity contribution is -0.139. The zero-order chi connectivity index (χ0) is 28.7. The van der Waals surface area contributed by atoms with Gasteiger partial charge in [0.05, 0.1) is 15.6 Å². The van der Waals surface area contributed by atoms with Gasteiger partial charge in [0.1, 0.15) is 12.6 Å². The highest BCUT2D eigenvalue weighted by Gasteiger charge is 2.33. The molecule has 0 saturated heterocycles. The number of aryl methyl sites for hydroxylation is 1. The lowest BCUT2D eigenvalue weighted by Gasteiger charge is -2.32. The zero-order valence-electron chi connectivity index (χ0n) is 22.4. The first-order valence-corrected chi connectivity index (χ1v) is 14.8. The molecule has 0 spiro atoms. The molecule has 39 heavy (non-hydrogen) atoms. The Balaban J connectivity index is 2.05. The fourth-order valence-corrected chi connectivity index (χ4v) is 5.73. The first-order valence-electron chi connectivity index (χ1n) is 12.6. The second-order valence-electron chi connectivity index (χ2n) is 9.42. The number of hydrogen-bond donors (Lipinski definition) is 1. The Hall–Kier alpha value is -3.07. The molecule has 10 heteroatoms. The highest BCUT2D eigenvalue weighted by molar-refractivity contribution is 7.92. The highest BCUT2D eigenvalue weighted by Crippen LogP contribution is 2.33. The van der Waals surface area contributed by atoms with Crippen molar-refractivity contribution in [2.45, 2.75) is 57.6 Å². The van der Waals surface area contributed by atoms with Crippen LogP contribution in [-0.4, -0.2) is 43.8 Å². The van der Waals surface area contributed by atoms with Gasteiger partial charge in [-0.1, -0.05) is 78.2 Å². The maximum atomic E-state index is 13.9. The van der Waals surface area contributed by atoms with E-state index in [9.17, 15) is 18.0 Å². The van der Waals surface area contributed by atoms with E-state index in [1.165, 1.54) is 35.2 Å². The average Bonchev–Trinajstić information content (AvgIpc) is 2.92. The van der Waals surface area contributed by atoms with Gasteiger partial charge in [0.25, 0.3) is 10.0 Å². The summed E-state index contributed by atoms with van der Waals surface area (Å²) in [4.78, 5) is 28.4. The van der Waals surface area contributed by atoms with Crippen LogP contribution in [0.4, 0.5) is 5.69 Å². The van der Waals surface area contributed by atoms with Crippen LogP contribution in [0.3, 0.4) is 0 Å².